The molecule has 152 valence electrons. The molecule has 2 rings (SSSR count). The lowest BCUT2D eigenvalue weighted by molar-refractivity contribution is -0.314. The minimum atomic E-state index is -1.57. The summed E-state index contributed by atoms with van der Waals surface area (Å²) in [5.74, 6) is 0. The summed E-state index contributed by atoms with van der Waals surface area (Å²) in [5.41, 5.74) is -1.14. The van der Waals surface area contributed by atoms with Crippen molar-refractivity contribution in [2.24, 2.45) is 0 Å². The molecule has 0 bridgehead atoms. The SMILES string of the molecule is C=CCO[C@H]1O[C@H](CO)[C@@H](O)[C@H](O)[C@H]1O[C@H]1S[C@H](CO)[C@@H](O)[C@H](O)[C@H]1O. The molecule has 10 atom stereocenters. The average molecular weight is 398 g/mol. The largest absolute Gasteiger partial charge is 0.395 e. The second-order valence-electron chi connectivity index (χ2n) is 6.13. The van der Waals surface area contributed by atoms with E-state index in [1.54, 1.807) is 0 Å². The molecule has 0 aliphatic carbocycles. The van der Waals surface area contributed by atoms with Crippen LogP contribution in [-0.4, -0.2) is 115 Å². The van der Waals surface area contributed by atoms with Gasteiger partial charge in [0.25, 0.3) is 0 Å². The van der Waals surface area contributed by atoms with Gasteiger partial charge >= 0.3 is 0 Å². The van der Waals surface area contributed by atoms with Crippen LogP contribution >= 0.6 is 11.8 Å². The lowest BCUT2D eigenvalue weighted by Crippen LogP contribution is -2.62. The van der Waals surface area contributed by atoms with Crippen molar-refractivity contribution in [3.63, 3.8) is 0 Å². The molecular formula is C15H26O10S. The molecule has 26 heavy (non-hydrogen) atoms. The lowest BCUT2D eigenvalue weighted by atomic mass is 9.98. The van der Waals surface area contributed by atoms with E-state index in [0.717, 1.165) is 11.8 Å². The molecule has 7 N–H and O–H groups in total. The van der Waals surface area contributed by atoms with Gasteiger partial charge in [-0.25, -0.2) is 0 Å². The Hall–Kier alpha value is -0.310. The molecule has 0 spiro atoms. The van der Waals surface area contributed by atoms with Gasteiger partial charge in [0, 0.05) is 0 Å². The van der Waals surface area contributed by atoms with Gasteiger partial charge in [0.1, 0.15) is 42.1 Å². The highest BCUT2D eigenvalue weighted by Gasteiger charge is 2.50. The van der Waals surface area contributed by atoms with Gasteiger partial charge in [0.15, 0.2) is 6.29 Å². The maximum absolute atomic E-state index is 10.3. The van der Waals surface area contributed by atoms with E-state index < -0.39 is 72.9 Å². The summed E-state index contributed by atoms with van der Waals surface area (Å²) in [5, 5.41) is 68.1. The first-order valence-electron chi connectivity index (χ1n) is 8.16. The van der Waals surface area contributed by atoms with Gasteiger partial charge in [0.05, 0.1) is 31.2 Å². The van der Waals surface area contributed by atoms with Gasteiger partial charge in [-0.05, 0) is 0 Å². The van der Waals surface area contributed by atoms with Crippen LogP contribution < -0.4 is 0 Å². The van der Waals surface area contributed by atoms with Gasteiger partial charge in [-0.3, -0.25) is 0 Å². The summed E-state index contributed by atoms with van der Waals surface area (Å²) in [6.45, 7) is 2.50. The van der Waals surface area contributed by atoms with Gasteiger partial charge < -0.3 is 50.0 Å². The van der Waals surface area contributed by atoms with Gasteiger partial charge in [-0.1, -0.05) is 6.08 Å². The topological polar surface area (TPSA) is 169 Å². The van der Waals surface area contributed by atoms with Crippen molar-refractivity contribution in [2.75, 3.05) is 19.8 Å². The van der Waals surface area contributed by atoms with Crippen molar-refractivity contribution < 1.29 is 50.0 Å². The highest BCUT2D eigenvalue weighted by molar-refractivity contribution is 8.00. The molecule has 0 saturated carbocycles. The predicted octanol–water partition coefficient (Wildman–Crippen LogP) is -3.47. The molecular weight excluding hydrogens is 372 g/mol. The summed E-state index contributed by atoms with van der Waals surface area (Å²) in [7, 11) is 0. The van der Waals surface area contributed by atoms with Crippen LogP contribution in [0.2, 0.25) is 0 Å². The molecule has 0 aromatic rings. The Balaban J connectivity index is 2.15. The van der Waals surface area contributed by atoms with E-state index in [1.165, 1.54) is 6.08 Å². The first-order chi connectivity index (χ1) is 12.3. The van der Waals surface area contributed by atoms with Crippen LogP contribution in [0.25, 0.3) is 0 Å². The van der Waals surface area contributed by atoms with Gasteiger partial charge in [0.2, 0.25) is 0 Å². The van der Waals surface area contributed by atoms with E-state index in [-0.39, 0.29) is 6.61 Å². The van der Waals surface area contributed by atoms with E-state index in [0.29, 0.717) is 0 Å². The zero-order chi connectivity index (χ0) is 19.4. The fourth-order valence-corrected chi connectivity index (χ4v) is 4.10. The fraction of sp³-hybridized carbons (Fsp3) is 0.867. The number of aliphatic hydroxyl groups is 7. The third-order valence-electron chi connectivity index (χ3n) is 4.34. The van der Waals surface area contributed by atoms with Crippen molar-refractivity contribution in [2.45, 2.75) is 59.7 Å². The number of hydrogen-bond acceptors (Lipinski definition) is 11. The summed E-state index contributed by atoms with van der Waals surface area (Å²) in [6, 6.07) is 0. The fourth-order valence-electron chi connectivity index (χ4n) is 2.83. The van der Waals surface area contributed by atoms with E-state index in [9.17, 15) is 35.7 Å². The number of rotatable bonds is 7. The van der Waals surface area contributed by atoms with Crippen LogP contribution in [0.15, 0.2) is 12.7 Å². The van der Waals surface area contributed by atoms with Crippen molar-refractivity contribution >= 4 is 11.8 Å². The first kappa shape index (κ1) is 22.0. The minimum absolute atomic E-state index is 0.0342. The van der Waals surface area contributed by atoms with Crippen molar-refractivity contribution in [1.29, 1.82) is 0 Å². The molecule has 11 heteroatoms. The normalized spacial score (nSPS) is 46.9. The maximum atomic E-state index is 10.3. The molecule has 2 saturated heterocycles. The smallest absolute Gasteiger partial charge is 0.187 e. The lowest BCUT2D eigenvalue weighted by Gasteiger charge is -2.45. The van der Waals surface area contributed by atoms with Crippen LogP contribution in [-0.2, 0) is 14.2 Å². The zero-order valence-electron chi connectivity index (χ0n) is 13.9. The molecule has 0 aromatic carbocycles. The van der Waals surface area contributed by atoms with Crippen LogP contribution in [0, 0.1) is 0 Å². The predicted molar refractivity (Wildman–Crippen MR) is 89.1 cm³/mol. The van der Waals surface area contributed by atoms with E-state index in [1.807, 2.05) is 0 Å². The van der Waals surface area contributed by atoms with E-state index in [4.69, 9.17) is 14.2 Å². The van der Waals surface area contributed by atoms with Gasteiger partial charge in [-0.2, -0.15) is 0 Å². The van der Waals surface area contributed by atoms with Crippen LogP contribution in [0.5, 0.6) is 0 Å². The van der Waals surface area contributed by atoms with Gasteiger partial charge in [-0.15, -0.1) is 18.3 Å². The first-order valence-corrected chi connectivity index (χ1v) is 9.10. The highest BCUT2D eigenvalue weighted by Crippen LogP contribution is 2.36. The average Bonchev–Trinajstić information content (AvgIpc) is 2.64. The number of thioether (sulfide) groups is 1. The Morgan fingerprint density at radius 2 is 1.62 bits per heavy atom. The van der Waals surface area contributed by atoms with Crippen molar-refractivity contribution in [3.8, 4) is 0 Å². The van der Waals surface area contributed by atoms with E-state index >= 15 is 0 Å². The third kappa shape index (κ3) is 4.56. The zero-order valence-corrected chi connectivity index (χ0v) is 14.8. The Labute approximate surface area is 154 Å². The second kappa shape index (κ2) is 9.75. The minimum Gasteiger partial charge on any atom is -0.395 e. The van der Waals surface area contributed by atoms with Crippen LogP contribution in [0.3, 0.4) is 0 Å². The van der Waals surface area contributed by atoms with E-state index in [2.05, 4.69) is 6.58 Å². The molecule has 2 aliphatic rings. The molecule has 2 fully saturated rings. The molecule has 10 nitrogen and oxygen atoms in total. The molecule has 0 amide bonds. The second-order valence-corrected chi connectivity index (χ2v) is 7.47. The van der Waals surface area contributed by atoms with Crippen LogP contribution in [0.4, 0.5) is 0 Å². The molecule has 0 radical (unpaired) electrons. The van der Waals surface area contributed by atoms with Crippen LogP contribution in [0.1, 0.15) is 0 Å². The number of hydrogen-bond donors (Lipinski definition) is 7. The molecule has 2 aliphatic heterocycles. The number of ether oxygens (including phenoxy) is 3. The Morgan fingerprint density at radius 1 is 0.923 bits per heavy atom. The summed E-state index contributed by atoms with van der Waals surface area (Å²) >= 11 is 0.875. The standard InChI is InChI=1S/C15H26O10S/c1-2-3-23-14-13(11(21)8(18)6(4-16)24-14)25-15-12(22)10(20)9(19)7(5-17)26-15/h2,6-22H,1,3-5H2/t6-,7-,8-,9-,10+,11+,12-,13-,14+,15+/m1/s1. The highest BCUT2D eigenvalue weighted by atomic mass is 32.2. The molecule has 0 aromatic heterocycles. The van der Waals surface area contributed by atoms with Crippen molar-refractivity contribution in [1.82, 2.24) is 0 Å². The number of aliphatic hydroxyl groups excluding tert-OH is 7. The van der Waals surface area contributed by atoms with Crippen molar-refractivity contribution in [3.05, 3.63) is 12.7 Å². The third-order valence-corrected chi connectivity index (χ3v) is 5.78. The molecule has 0 unspecified atom stereocenters. The molecule has 2 heterocycles. The quantitative estimate of drug-likeness (QED) is 0.213. The summed E-state index contributed by atoms with van der Waals surface area (Å²) in [4.78, 5) is 0. The Bertz CT molecular complexity index is 452. The summed E-state index contributed by atoms with van der Waals surface area (Å²) < 4.78 is 16.4. The monoisotopic (exact) mass is 398 g/mol. The Morgan fingerprint density at radius 3 is 2.19 bits per heavy atom. The summed E-state index contributed by atoms with van der Waals surface area (Å²) in [6.07, 6.45) is -9.54. The maximum Gasteiger partial charge on any atom is 0.187 e. The Kier molecular flexibility index (Phi) is 8.25.